The molecule has 1 fully saturated rings. The highest BCUT2D eigenvalue weighted by atomic mass is 19.1. The summed E-state index contributed by atoms with van der Waals surface area (Å²) in [5, 5.41) is 24.0. The second-order valence-electron chi connectivity index (χ2n) is 6.57. The topological polar surface area (TPSA) is 97.5 Å². The molecule has 7 nitrogen and oxygen atoms in total. The van der Waals surface area contributed by atoms with Crippen LogP contribution in [0.15, 0.2) is 24.3 Å². The molecule has 1 saturated heterocycles. The molecule has 27 heavy (non-hydrogen) atoms. The van der Waals surface area contributed by atoms with Crippen molar-refractivity contribution in [2.75, 3.05) is 6.61 Å². The number of aryl methyl sites for hydroxylation is 1. The fourth-order valence-electron chi connectivity index (χ4n) is 3.45. The van der Waals surface area contributed by atoms with Crippen LogP contribution in [0.2, 0.25) is 0 Å². The Labute approximate surface area is 154 Å². The van der Waals surface area contributed by atoms with Gasteiger partial charge in [-0.1, -0.05) is 0 Å². The Morgan fingerprint density at radius 3 is 2.81 bits per heavy atom. The summed E-state index contributed by atoms with van der Waals surface area (Å²) in [6.45, 7) is 2.32. The molecule has 0 amide bonds. The smallest absolute Gasteiger partial charge is 0.336 e. The molecular formula is C19H18FN3O4. The minimum absolute atomic E-state index is 0.00188. The number of halogens is 1. The van der Waals surface area contributed by atoms with Gasteiger partial charge in [-0.15, -0.1) is 0 Å². The van der Waals surface area contributed by atoms with Gasteiger partial charge in [-0.3, -0.25) is 0 Å². The minimum atomic E-state index is -1.14. The van der Waals surface area contributed by atoms with Gasteiger partial charge < -0.3 is 14.9 Å². The van der Waals surface area contributed by atoms with Gasteiger partial charge in [0.1, 0.15) is 11.6 Å². The van der Waals surface area contributed by atoms with Crippen molar-refractivity contribution in [1.29, 1.82) is 0 Å². The summed E-state index contributed by atoms with van der Waals surface area (Å²) in [5.74, 6) is -2.04. The third kappa shape index (κ3) is 3.02. The Kier molecular flexibility index (Phi) is 4.27. The number of carbonyl (C=O) groups is 1. The molecule has 0 spiro atoms. The van der Waals surface area contributed by atoms with E-state index in [0.29, 0.717) is 23.3 Å². The van der Waals surface area contributed by atoms with E-state index in [0.717, 1.165) is 25.3 Å². The predicted molar refractivity (Wildman–Crippen MR) is 95.1 cm³/mol. The van der Waals surface area contributed by atoms with Gasteiger partial charge in [0.25, 0.3) is 0 Å². The minimum Gasteiger partial charge on any atom is -0.508 e. The number of hydrogen-bond acceptors (Lipinski definition) is 5. The van der Waals surface area contributed by atoms with Crippen molar-refractivity contribution in [3.8, 4) is 17.0 Å². The highest BCUT2D eigenvalue weighted by molar-refractivity contribution is 6.04. The predicted octanol–water partition coefficient (Wildman–Crippen LogP) is 3.65. The van der Waals surface area contributed by atoms with Crippen LogP contribution in [0.1, 0.15) is 41.5 Å². The van der Waals surface area contributed by atoms with Crippen molar-refractivity contribution in [3.63, 3.8) is 0 Å². The number of carboxylic acids is 1. The van der Waals surface area contributed by atoms with Crippen molar-refractivity contribution in [2.24, 2.45) is 0 Å². The van der Waals surface area contributed by atoms with Gasteiger partial charge >= 0.3 is 5.97 Å². The number of aromatic hydroxyl groups is 1. The van der Waals surface area contributed by atoms with Crippen LogP contribution in [0, 0.1) is 12.7 Å². The number of hydrogen-bond donors (Lipinski definition) is 2. The lowest BCUT2D eigenvalue weighted by Gasteiger charge is -2.23. The van der Waals surface area contributed by atoms with Gasteiger partial charge in [0.15, 0.2) is 11.9 Å². The largest absolute Gasteiger partial charge is 0.508 e. The first-order valence-corrected chi connectivity index (χ1v) is 8.69. The van der Waals surface area contributed by atoms with Gasteiger partial charge in [-0.2, -0.15) is 5.10 Å². The molecule has 0 radical (unpaired) electrons. The SMILES string of the molecule is Cc1nn(C2CCCCO2)c2nc(-c3ccc(O)cc3F)cc(C(=O)O)c12. The number of aromatic carboxylic acids is 1. The Balaban J connectivity index is 1.97. The lowest BCUT2D eigenvalue weighted by Crippen LogP contribution is -2.19. The fraction of sp³-hybridized carbons (Fsp3) is 0.316. The van der Waals surface area contributed by atoms with Crippen molar-refractivity contribution in [2.45, 2.75) is 32.4 Å². The van der Waals surface area contributed by atoms with E-state index in [9.17, 15) is 19.4 Å². The van der Waals surface area contributed by atoms with Crippen molar-refractivity contribution >= 4 is 17.0 Å². The zero-order chi connectivity index (χ0) is 19.1. The number of nitrogens with zero attached hydrogens (tertiary/aromatic N) is 3. The number of phenolic OH excluding ortho intramolecular Hbond substituents is 1. The molecule has 140 valence electrons. The molecule has 1 aliphatic heterocycles. The first-order valence-electron chi connectivity index (χ1n) is 8.69. The van der Waals surface area contributed by atoms with E-state index in [-0.39, 0.29) is 28.8 Å². The molecule has 4 rings (SSSR count). The molecule has 2 aromatic heterocycles. The molecule has 3 aromatic rings. The lowest BCUT2D eigenvalue weighted by molar-refractivity contribution is -0.0371. The zero-order valence-corrected chi connectivity index (χ0v) is 14.6. The van der Waals surface area contributed by atoms with Crippen molar-refractivity contribution in [1.82, 2.24) is 14.8 Å². The van der Waals surface area contributed by atoms with Crippen LogP contribution in [0.3, 0.4) is 0 Å². The quantitative estimate of drug-likeness (QED) is 0.729. The highest BCUT2D eigenvalue weighted by Crippen LogP contribution is 2.32. The third-order valence-electron chi connectivity index (χ3n) is 4.72. The summed E-state index contributed by atoms with van der Waals surface area (Å²) >= 11 is 0. The summed E-state index contributed by atoms with van der Waals surface area (Å²) in [6.07, 6.45) is 2.36. The Morgan fingerprint density at radius 2 is 2.15 bits per heavy atom. The van der Waals surface area contributed by atoms with E-state index in [1.165, 1.54) is 18.2 Å². The Bertz CT molecular complexity index is 1040. The first-order chi connectivity index (χ1) is 13.0. The first kappa shape index (κ1) is 17.4. The van der Waals surface area contributed by atoms with Crippen LogP contribution in [0.4, 0.5) is 4.39 Å². The average Bonchev–Trinajstić information content (AvgIpc) is 2.98. The fourth-order valence-corrected chi connectivity index (χ4v) is 3.45. The number of fused-ring (bicyclic) bond motifs is 1. The third-order valence-corrected chi connectivity index (χ3v) is 4.72. The number of ether oxygens (including phenoxy) is 1. The van der Waals surface area contributed by atoms with Crippen LogP contribution in [-0.2, 0) is 4.74 Å². The molecule has 1 atom stereocenters. The maximum absolute atomic E-state index is 14.3. The monoisotopic (exact) mass is 371 g/mol. The highest BCUT2D eigenvalue weighted by Gasteiger charge is 2.25. The second-order valence-corrected chi connectivity index (χ2v) is 6.57. The number of benzene rings is 1. The van der Waals surface area contributed by atoms with E-state index in [1.54, 1.807) is 11.6 Å². The normalized spacial score (nSPS) is 17.3. The molecule has 8 heteroatoms. The van der Waals surface area contributed by atoms with Crippen LogP contribution >= 0.6 is 0 Å². The van der Waals surface area contributed by atoms with Gasteiger partial charge in [0.05, 0.1) is 22.3 Å². The van der Waals surface area contributed by atoms with Crippen LogP contribution in [0.25, 0.3) is 22.3 Å². The van der Waals surface area contributed by atoms with Gasteiger partial charge in [0.2, 0.25) is 0 Å². The van der Waals surface area contributed by atoms with E-state index in [2.05, 4.69) is 10.1 Å². The summed E-state index contributed by atoms with van der Waals surface area (Å²) < 4.78 is 21.7. The molecule has 1 aromatic carbocycles. The molecule has 3 heterocycles. The molecule has 0 aliphatic carbocycles. The van der Waals surface area contributed by atoms with E-state index < -0.39 is 11.8 Å². The molecule has 1 unspecified atom stereocenters. The zero-order valence-electron chi connectivity index (χ0n) is 14.6. The van der Waals surface area contributed by atoms with Crippen molar-refractivity contribution < 1.29 is 24.1 Å². The summed E-state index contributed by atoms with van der Waals surface area (Å²) in [5.41, 5.74) is 1.15. The molecular weight excluding hydrogens is 353 g/mol. The van der Waals surface area contributed by atoms with Gasteiger partial charge in [-0.25, -0.2) is 18.9 Å². The summed E-state index contributed by atoms with van der Waals surface area (Å²) in [6, 6.07) is 5.00. The summed E-state index contributed by atoms with van der Waals surface area (Å²) in [7, 11) is 0. The second kappa shape index (κ2) is 6.62. The number of pyridine rings is 1. The number of phenols is 1. The van der Waals surface area contributed by atoms with E-state index in [4.69, 9.17) is 4.74 Å². The molecule has 1 aliphatic rings. The van der Waals surface area contributed by atoms with Crippen LogP contribution < -0.4 is 0 Å². The number of rotatable bonds is 3. The standard InChI is InChI=1S/C19H18FN3O4/c1-10-17-13(19(25)26)9-15(12-6-5-11(24)8-14(12)20)21-18(17)23(22-10)16-4-2-3-7-27-16/h5-6,8-9,16,24H,2-4,7H2,1H3,(H,25,26). The van der Waals surface area contributed by atoms with Crippen LogP contribution in [0.5, 0.6) is 5.75 Å². The maximum atomic E-state index is 14.3. The Morgan fingerprint density at radius 1 is 1.33 bits per heavy atom. The number of aromatic nitrogens is 3. The average molecular weight is 371 g/mol. The van der Waals surface area contributed by atoms with E-state index in [1.807, 2.05) is 0 Å². The maximum Gasteiger partial charge on any atom is 0.336 e. The van der Waals surface area contributed by atoms with E-state index >= 15 is 0 Å². The lowest BCUT2D eigenvalue weighted by atomic mass is 10.0. The molecule has 0 bridgehead atoms. The number of carboxylic acid groups (broad SMARTS) is 1. The Hall–Kier alpha value is -3.00. The summed E-state index contributed by atoms with van der Waals surface area (Å²) in [4.78, 5) is 16.4. The van der Waals surface area contributed by atoms with Crippen molar-refractivity contribution in [3.05, 3.63) is 41.3 Å². The molecule has 0 saturated carbocycles. The van der Waals surface area contributed by atoms with Crippen LogP contribution in [-0.4, -0.2) is 37.6 Å². The van der Waals surface area contributed by atoms with Gasteiger partial charge in [-0.05, 0) is 44.4 Å². The molecule has 2 N–H and O–H groups in total. The van der Waals surface area contributed by atoms with Gasteiger partial charge in [0, 0.05) is 18.2 Å².